The molecule has 0 saturated heterocycles. The summed E-state index contributed by atoms with van der Waals surface area (Å²) in [5.41, 5.74) is 6.78. The Balaban J connectivity index is 0.00000200. The monoisotopic (exact) mass is 298 g/mol. The Morgan fingerprint density at radius 2 is 2.05 bits per heavy atom. The first-order chi connectivity index (χ1) is 9.19. The smallest absolute Gasteiger partial charge is 0.224 e. The first kappa shape index (κ1) is 16.8. The van der Waals surface area contributed by atoms with Crippen molar-refractivity contribution in [2.24, 2.45) is 11.7 Å². The lowest BCUT2D eigenvalue weighted by Gasteiger charge is -2.14. The molecular formula is C15H23ClN2O2. The van der Waals surface area contributed by atoms with E-state index < -0.39 is 0 Å². The average molecular weight is 299 g/mol. The standard InChI is InChI=1S/C15H22N2O2.ClH/c1-2-19-13-8-6-12(7-9-13)17-15(18)10-11-4-3-5-14(11)16;/h6-9,11,14H,2-5,10,16H2,1H3,(H,17,18);1H/t11-,14+;/m0./s1. The topological polar surface area (TPSA) is 64.3 Å². The molecule has 0 unspecified atom stereocenters. The quantitative estimate of drug-likeness (QED) is 0.878. The second-order valence-corrected chi connectivity index (χ2v) is 5.06. The van der Waals surface area contributed by atoms with Crippen LogP contribution in [0.1, 0.15) is 32.6 Å². The van der Waals surface area contributed by atoms with Crippen LogP contribution in [-0.2, 0) is 4.79 Å². The highest BCUT2D eigenvalue weighted by molar-refractivity contribution is 5.90. The van der Waals surface area contributed by atoms with Crippen molar-refractivity contribution in [3.05, 3.63) is 24.3 Å². The molecule has 2 atom stereocenters. The van der Waals surface area contributed by atoms with Gasteiger partial charge in [-0.2, -0.15) is 0 Å². The lowest BCUT2D eigenvalue weighted by atomic mass is 10.00. The van der Waals surface area contributed by atoms with E-state index in [-0.39, 0.29) is 24.4 Å². The number of amides is 1. The molecule has 1 fully saturated rings. The van der Waals surface area contributed by atoms with Gasteiger partial charge in [0.2, 0.25) is 5.91 Å². The third kappa shape index (κ3) is 4.69. The van der Waals surface area contributed by atoms with Gasteiger partial charge in [-0.05, 0) is 49.9 Å². The molecule has 0 radical (unpaired) electrons. The van der Waals surface area contributed by atoms with Crippen LogP contribution in [-0.4, -0.2) is 18.6 Å². The van der Waals surface area contributed by atoms with Crippen LogP contribution in [0.4, 0.5) is 5.69 Å². The largest absolute Gasteiger partial charge is 0.494 e. The third-order valence-electron chi connectivity index (χ3n) is 3.61. The van der Waals surface area contributed by atoms with E-state index >= 15 is 0 Å². The van der Waals surface area contributed by atoms with Crippen molar-refractivity contribution in [1.29, 1.82) is 0 Å². The highest BCUT2D eigenvalue weighted by Crippen LogP contribution is 2.27. The van der Waals surface area contributed by atoms with Crippen molar-refractivity contribution in [3.8, 4) is 5.75 Å². The van der Waals surface area contributed by atoms with E-state index in [0.717, 1.165) is 30.7 Å². The van der Waals surface area contributed by atoms with E-state index in [2.05, 4.69) is 5.32 Å². The number of carbonyl (C=O) groups is 1. The fourth-order valence-electron chi connectivity index (χ4n) is 2.57. The van der Waals surface area contributed by atoms with Crippen LogP contribution in [0.25, 0.3) is 0 Å². The molecule has 1 aliphatic rings. The number of anilines is 1. The zero-order valence-corrected chi connectivity index (χ0v) is 12.6. The maximum Gasteiger partial charge on any atom is 0.224 e. The Bertz CT molecular complexity index is 422. The van der Waals surface area contributed by atoms with Crippen LogP contribution in [0.2, 0.25) is 0 Å². The summed E-state index contributed by atoms with van der Waals surface area (Å²) in [5.74, 6) is 1.20. The molecule has 0 aliphatic heterocycles. The Morgan fingerprint density at radius 1 is 1.35 bits per heavy atom. The van der Waals surface area contributed by atoms with Crippen LogP contribution in [0.3, 0.4) is 0 Å². The molecule has 4 nitrogen and oxygen atoms in total. The normalized spacial score (nSPS) is 21.1. The van der Waals surface area contributed by atoms with Crippen LogP contribution < -0.4 is 15.8 Å². The Kier molecular flexibility index (Phi) is 6.82. The molecule has 0 aromatic heterocycles. The maximum atomic E-state index is 11.9. The predicted octanol–water partition coefficient (Wildman–Crippen LogP) is 2.96. The van der Waals surface area contributed by atoms with Crippen molar-refractivity contribution >= 4 is 24.0 Å². The molecule has 1 aromatic carbocycles. The zero-order valence-electron chi connectivity index (χ0n) is 11.8. The van der Waals surface area contributed by atoms with Gasteiger partial charge >= 0.3 is 0 Å². The Morgan fingerprint density at radius 3 is 2.60 bits per heavy atom. The Labute approximate surface area is 126 Å². The van der Waals surface area contributed by atoms with Crippen LogP contribution >= 0.6 is 12.4 Å². The van der Waals surface area contributed by atoms with Crippen LogP contribution in [0.15, 0.2) is 24.3 Å². The SMILES string of the molecule is CCOc1ccc(NC(=O)C[C@@H]2CCC[C@H]2N)cc1.Cl. The van der Waals surface area contributed by atoms with Gasteiger partial charge in [0.15, 0.2) is 0 Å². The van der Waals surface area contributed by atoms with Gasteiger partial charge in [0.05, 0.1) is 6.61 Å². The molecule has 2 rings (SSSR count). The van der Waals surface area contributed by atoms with E-state index in [9.17, 15) is 4.79 Å². The van der Waals surface area contributed by atoms with Gasteiger partial charge in [-0.1, -0.05) is 6.42 Å². The van der Waals surface area contributed by atoms with Gasteiger partial charge in [-0.3, -0.25) is 4.79 Å². The molecule has 112 valence electrons. The minimum absolute atomic E-state index is 0. The zero-order chi connectivity index (χ0) is 13.7. The van der Waals surface area contributed by atoms with Crippen LogP contribution in [0, 0.1) is 5.92 Å². The second-order valence-electron chi connectivity index (χ2n) is 5.06. The fourth-order valence-corrected chi connectivity index (χ4v) is 2.57. The van der Waals surface area contributed by atoms with E-state index in [4.69, 9.17) is 10.5 Å². The van der Waals surface area contributed by atoms with E-state index in [0.29, 0.717) is 18.9 Å². The van der Waals surface area contributed by atoms with Gasteiger partial charge < -0.3 is 15.8 Å². The van der Waals surface area contributed by atoms with E-state index in [1.54, 1.807) is 0 Å². The number of halogens is 1. The molecule has 0 spiro atoms. The summed E-state index contributed by atoms with van der Waals surface area (Å²) in [7, 11) is 0. The predicted molar refractivity (Wildman–Crippen MR) is 83.4 cm³/mol. The molecule has 1 aliphatic carbocycles. The van der Waals surface area contributed by atoms with Gasteiger partial charge in [0, 0.05) is 18.2 Å². The van der Waals surface area contributed by atoms with Crippen LogP contribution in [0.5, 0.6) is 5.75 Å². The Hall–Kier alpha value is -1.26. The van der Waals surface area contributed by atoms with Crippen molar-refractivity contribution in [3.63, 3.8) is 0 Å². The third-order valence-corrected chi connectivity index (χ3v) is 3.61. The molecule has 1 amide bonds. The molecule has 5 heteroatoms. The molecule has 1 saturated carbocycles. The minimum atomic E-state index is 0. The lowest BCUT2D eigenvalue weighted by Crippen LogP contribution is -2.28. The number of hydrogen-bond acceptors (Lipinski definition) is 3. The highest BCUT2D eigenvalue weighted by atomic mass is 35.5. The maximum absolute atomic E-state index is 11.9. The minimum Gasteiger partial charge on any atom is -0.494 e. The molecule has 20 heavy (non-hydrogen) atoms. The lowest BCUT2D eigenvalue weighted by molar-refractivity contribution is -0.117. The second kappa shape index (κ2) is 8.12. The first-order valence-electron chi connectivity index (χ1n) is 6.97. The highest BCUT2D eigenvalue weighted by Gasteiger charge is 2.25. The molecule has 1 aromatic rings. The number of hydrogen-bond donors (Lipinski definition) is 2. The molecule has 0 bridgehead atoms. The fraction of sp³-hybridized carbons (Fsp3) is 0.533. The van der Waals surface area contributed by atoms with Gasteiger partial charge in [0.1, 0.15) is 5.75 Å². The van der Waals surface area contributed by atoms with E-state index in [1.807, 2.05) is 31.2 Å². The summed E-state index contributed by atoms with van der Waals surface area (Å²) in [6.45, 7) is 2.59. The number of carbonyl (C=O) groups excluding carboxylic acids is 1. The first-order valence-corrected chi connectivity index (χ1v) is 6.97. The summed E-state index contributed by atoms with van der Waals surface area (Å²) in [5, 5.41) is 2.91. The number of nitrogens with one attached hydrogen (secondary N) is 1. The van der Waals surface area contributed by atoms with E-state index in [1.165, 1.54) is 0 Å². The summed E-state index contributed by atoms with van der Waals surface area (Å²) >= 11 is 0. The summed E-state index contributed by atoms with van der Waals surface area (Å²) < 4.78 is 5.36. The van der Waals surface area contributed by atoms with Gasteiger partial charge in [-0.25, -0.2) is 0 Å². The molecule has 0 heterocycles. The van der Waals surface area contributed by atoms with Crippen molar-refractivity contribution < 1.29 is 9.53 Å². The summed E-state index contributed by atoms with van der Waals surface area (Å²) in [6, 6.07) is 7.63. The average Bonchev–Trinajstić information content (AvgIpc) is 2.78. The van der Waals surface area contributed by atoms with Gasteiger partial charge in [0.25, 0.3) is 0 Å². The number of benzene rings is 1. The number of ether oxygens (including phenoxy) is 1. The number of rotatable bonds is 5. The summed E-state index contributed by atoms with van der Waals surface area (Å²) in [4.78, 5) is 11.9. The number of nitrogens with two attached hydrogens (primary N) is 1. The van der Waals surface area contributed by atoms with Crippen molar-refractivity contribution in [2.75, 3.05) is 11.9 Å². The molecule has 3 N–H and O–H groups in total. The van der Waals surface area contributed by atoms with Crippen molar-refractivity contribution in [2.45, 2.75) is 38.6 Å². The van der Waals surface area contributed by atoms with Crippen molar-refractivity contribution in [1.82, 2.24) is 0 Å². The van der Waals surface area contributed by atoms with Gasteiger partial charge in [-0.15, -0.1) is 12.4 Å². The summed E-state index contributed by atoms with van der Waals surface area (Å²) in [6.07, 6.45) is 3.77. The molecular weight excluding hydrogens is 276 g/mol.